The highest BCUT2D eigenvalue weighted by Crippen LogP contribution is 2.30. The number of carbonyl (C=O) groups excluding carboxylic acids is 1. The maximum absolute atomic E-state index is 12.5. The third-order valence-corrected chi connectivity index (χ3v) is 5.26. The molecule has 0 aliphatic carbocycles. The van der Waals surface area contributed by atoms with Gasteiger partial charge in [-0.1, -0.05) is 30.3 Å². The van der Waals surface area contributed by atoms with Crippen molar-refractivity contribution in [3.8, 4) is 11.5 Å². The summed E-state index contributed by atoms with van der Waals surface area (Å²) in [6, 6.07) is 14.9. The molecule has 0 saturated carbocycles. The van der Waals surface area contributed by atoms with E-state index in [1.165, 1.54) is 0 Å². The molecule has 5 nitrogen and oxygen atoms in total. The van der Waals surface area contributed by atoms with Gasteiger partial charge in [0, 0.05) is 24.0 Å². The zero-order valence-corrected chi connectivity index (χ0v) is 17.1. The Bertz CT molecular complexity index is 849. The molecule has 30 heavy (non-hydrogen) atoms. The first-order valence-electron chi connectivity index (χ1n) is 10.8. The Kier molecular flexibility index (Phi) is 7.16. The molecule has 0 N–H and O–H groups in total. The summed E-state index contributed by atoms with van der Waals surface area (Å²) in [6.45, 7) is 1.44. The second-order valence-electron chi connectivity index (χ2n) is 7.59. The van der Waals surface area contributed by atoms with E-state index in [1.807, 2.05) is 36.4 Å². The molecule has 5 heteroatoms. The number of hydrogen-bond acceptors (Lipinski definition) is 5. The topological polar surface area (TPSA) is 54.0 Å². The zero-order valence-electron chi connectivity index (χ0n) is 17.1. The van der Waals surface area contributed by atoms with E-state index in [0.29, 0.717) is 23.7 Å². The van der Waals surface area contributed by atoms with E-state index in [-0.39, 0.29) is 18.4 Å². The fourth-order valence-corrected chi connectivity index (χ4v) is 3.60. The lowest BCUT2D eigenvalue weighted by molar-refractivity contribution is -0.107. The van der Waals surface area contributed by atoms with Crippen LogP contribution in [0.2, 0.25) is 0 Å². The smallest absolute Gasteiger partial charge is 0.199 e. The molecule has 0 amide bonds. The third kappa shape index (κ3) is 5.71. The predicted molar refractivity (Wildman–Crippen MR) is 115 cm³/mol. The lowest BCUT2D eigenvalue weighted by atomic mass is 10.1. The van der Waals surface area contributed by atoms with Crippen molar-refractivity contribution in [3.63, 3.8) is 0 Å². The van der Waals surface area contributed by atoms with E-state index in [0.717, 1.165) is 50.7 Å². The number of carbonyl (C=O) groups is 1. The Morgan fingerprint density at radius 1 is 0.867 bits per heavy atom. The van der Waals surface area contributed by atoms with Crippen molar-refractivity contribution in [2.75, 3.05) is 13.2 Å². The van der Waals surface area contributed by atoms with Gasteiger partial charge in [0.1, 0.15) is 11.5 Å². The van der Waals surface area contributed by atoms with Gasteiger partial charge in [0.2, 0.25) is 0 Å². The first-order chi connectivity index (χ1) is 14.8. The molecular formula is C25H28O5. The van der Waals surface area contributed by atoms with Crippen molar-refractivity contribution in [1.29, 1.82) is 0 Å². The van der Waals surface area contributed by atoms with Gasteiger partial charge in [-0.3, -0.25) is 4.79 Å². The van der Waals surface area contributed by atoms with Crippen molar-refractivity contribution >= 4 is 11.9 Å². The molecule has 0 bridgehead atoms. The van der Waals surface area contributed by atoms with Crippen LogP contribution in [-0.4, -0.2) is 31.6 Å². The molecule has 2 aromatic carbocycles. The molecule has 158 valence electrons. The van der Waals surface area contributed by atoms with Crippen molar-refractivity contribution < 1.29 is 23.7 Å². The number of ketones is 1. The second kappa shape index (κ2) is 10.4. The summed E-state index contributed by atoms with van der Waals surface area (Å²) < 4.78 is 23.5. The first kappa shape index (κ1) is 20.6. The zero-order chi connectivity index (χ0) is 20.6. The average Bonchev–Trinajstić information content (AvgIpc) is 2.81. The van der Waals surface area contributed by atoms with Crippen molar-refractivity contribution in [2.24, 2.45) is 0 Å². The monoisotopic (exact) mass is 408 g/mol. The summed E-state index contributed by atoms with van der Waals surface area (Å²) >= 11 is 0. The van der Waals surface area contributed by atoms with Gasteiger partial charge in [0.25, 0.3) is 0 Å². The highest BCUT2D eigenvalue weighted by Gasteiger charge is 2.19. The van der Waals surface area contributed by atoms with Crippen LogP contribution in [0.25, 0.3) is 6.08 Å². The minimum Gasteiger partial charge on any atom is -0.465 e. The van der Waals surface area contributed by atoms with Crippen LogP contribution in [0, 0.1) is 0 Å². The normalized spacial score (nSPS) is 22.0. The lowest BCUT2D eigenvalue weighted by Gasteiger charge is -2.25. The molecule has 2 aromatic rings. The van der Waals surface area contributed by atoms with Gasteiger partial charge in [0.05, 0.1) is 13.2 Å². The molecule has 2 unspecified atom stereocenters. The van der Waals surface area contributed by atoms with Crippen molar-refractivity contribution in [3.05, 3.63) is 65.7 Å². The van der Waals surface area contributed by atoms with E-state index in [9.17, 15) is 4.79 Å². The van der Waals surface area contributed by atoms with Gasteiger partial charge in [-0.15, -0.1) is 0 Å². The highest BCUT2D eigenvalue weighted by molar-refractivity contribution is 6.06. The first-order valence-corrected chi connectivity index (χ1v) is 10.8. The number of ether oxygens (including phenoxy) is 4. The second-order valence-corrected chi connectivity index (χ2v) is 7.59. The van der Waals surface area contributed by atoms with Gasteiger partial charge in [-0.25, -0.2) is 0 Å². The van der Waals surface area contributed by atoms with Crippen LogP contribution < -0.4 is 9.47 Å². The van der Waals surface area contributed by atoms with E-state index < -0.39 is 0 Å². The Balaban J connectivity index is 1.53. The number of rotatable bonds is 7. The molecule has 0 radical (unpaired) electrons. The molecule has 2 saturated heterocycles. The molecule has 2 atom stereocenters. The Hall–Kier alpha value is -2.63. The Labute approximate surface area is 177 Å². The van der Waals surface area contributed by atoms with Crippen molar-refractivity contribution in [2.45, 2.75) is 51.1 Å². The summed E-state index contributed by atoms with van der Waals surface area (Å²) in [5.74, 6) is 1.32. The van der Waals surface area contributed by atoms with E-state index in [1.54, 1.807) is 24.3 Å². The maximum Gasteiger partial charge on any atom is 0.199 e. The fraction of sp³-hybridized carbons (Fsp3) is 0.400. The van der Waals surface area contributed by atoms with Crippen LogP contribution in [0.3, 0.4) is 0 Å². The minimum absolute atomic E-state index is 0.0580. The van der Waals surface area contributed by atoms with E-state index >= 15 is 0 Å². The summed E-state index contributed by atoms with van der Waals surface area (Å²) in [5.41, 5.74) is 1.43. The summed E-state index contributed by atoms with van der Waals surface area (Å²) in [7, 11) is 0. The van der Waals surface area contributed by atoms with Gasteiger partial charge in [0.15, 0.2) is 18.4 Å². The average molecular weight is 408 g/mol. The molecule has 2 aliphatic heterocycles. The SMILES string of the molecule is O=C(C=Cc1cc(OC2CCCCO2)ccc1OC1CCCCO1)c1ccccc1. The van der Waals surface area contributed by atoms with Gasteiger partial charge in [-0.2, -0.15) is 0 Å². The molecule has 2 aliphatic rings. The van der Waals surface area contributed by atoms with Crippen LogP contribution in [-0.2, 0) is 9.47 Å². The fourth-order valence-electron chi connectivity index (χ4n) is 3.60. The molecule has 2 fully saturated rings. The minimum atomic E-state index is -0.260. The number of benzene rings is 2. The summed E-state index contributed by atoms with van der Waals surface area (Å²) in [4.78, 5) is 12.5. The number of hydrogen-bond donors (Lipinski definition) is 0. The van der Waals surface area contributed by atoms with Crippen LogP contribution in [0.1, 0.15) is 54.4 Å². The lowest BCUT2D eigenvalue weighted by Crippen LogP contribution is -2.26. The molecule has 0 spiro atoms. The third-order valence-electron chi connectivity index (χ3n) is 5.26. The highest BCUT2D eigenvalue weighted by atomic mass is 16.7. The van der Waals surface area contributed by atoms with Gasteiger partial charge in [-0.05, 0) is 56.0 Å². The molecule has 2 heterocycles. The summed E-state index contributed by atoms with van der Waals surface area (Å²) in [5, 5.41) is 0. The van der Waals surface area contributed by atoms with Gasteiger partial charge >= 0.3 is 0 Å². The van der Waals surface area contributed by atoms with Crippen LogP contribution in [0.5, 0.6) is 11.5 Å². The molecule has 4 rings (SSSR count). The van der Waals surface area contributed by atoms with E-state index in [4.69, 9.17) is 18.9 Å². The Morgan fingerprint density at radius 2 is 1.57 bits per heavy atom. The van der Waals surface area contributed by atoms with Gasteiger partial charge < -0.3 is 18.9 Å². The van der Waals surface area contributed by atoms with Crippen LogP contribution >= 0.6 is 0 Å². The Morgan fingerprint density at radius 3 is 2.23 bits per heavy atom. The van der Waals surface area contributed by atoms with Crippen LogP contribution in [0.15, 0.2) is 54.6 Å². The quantitative estimate of drug-likeness (QED) is 0.454. The number of allylic oxidation sites excluding steroid dienone is 1. The van der Waals surface area contributed by atoms with Crippen LogP contribution in [0.4, 0.5) is 0 Å². The standard InChI is InChI=1S/C25H28O5/c26-22(19-8-2-1-3-9-19)14-12-20-18-21(29-24-10-4-6-16-27-24)13-15-23(20)30-25-11-5-7-17-28-25/h1-3,8-9,12-15,18,24-25H,4-7,10-11,16-17H2. The van der Waals surface area contributed by atoms with Crippen molar-refractivity contribution in [1.82, 2.24) is 0 Å². The molecular weight excluding hydrogens is 380 g/mol. The molecule has 0 aromatic heterocycles. The summed E-state index contributed by atoms with van der Waals surface area (Å²) in [6.07, 6.45) is 8.93. The maximum atomic E-state index is 12.5. The van der Waals surface area contributed by atoms with E-state index in [2.05, 4.69) is 0 Å². The largest absolute Gasteiger partial charge is 0.465 e. The predicted octanol–water partition coefficient (Wildman–Crippen LogP) is 5.39.